The van der Waals surface area contributed by atoms with Crippen LogP contribution >= 0.6 is 0 Å². The maximum Gasteiger partial charge on any atom is 3.00 e. The van der Waals surface area contributed by atoms with Gasteiger partial charge in [0.15, 0.2) is 0 Å². The molecule has 0 atom stereocenters. The van der Waals surface area contributed by atoms with Crippen LogP contribution in [0.3, 0.4) is 0 Å². The van der Waals surface area contributed by atoms with E-state index in [1.54, 1.807) is 0 Å². The van der Waals surface area contributed by atoms with E-state index in [4.69, 9.17) is 0 Å². The molecule has 0 aliphatic carbocycles. The fraction of sp³-hybridized carbons (Fsp3) is 0.500. The molecule has 2 rings (SSSR count). The van der Waals surface area contributed by atoms with E-state index >= 15 is 0 Å². The number of hydrogen-bond acceptors (Lipinski definition) is 0. The molecule has 2 radical (unpaired) electrons. The van der Waals surface area contributed by atoms with Gasteiger partial charge in [0, 0.05) is 20.1 Å². The van der Waals surface area contributed by atoms with E-state index in [1.807, 2.05) is 0 Å². The van der Waals surface area contributed by atoms with E-state index in [-0.39, 0.29) is 109 Å². The summed E-state index contributed by atoms with van der Waals surface area (Å²) in [5.41, 5.74) is 14.7. The summed E-state index contributed by atoms with van der Waals surface area (Å²) in [6, 6.07) is 0. The topological polar surface area (TPSA) is 0 Å². The van der Waals surface area contributed by atoms with Crippen LogP contribution in [-0.4, -0.2) is 0 Å². The van der Waals surface area contributed by atoms with E-state index in [2.05, 4.69) is 69.2 Å². The normalized spacial score (nSPS) is 7.78. The summed E-state index contributed by atoms with van der Waals surface area (Å²) in [6.45, 7) is 22.0. The van der Waals surface area contributed by atoms with E-state index in [1.165, 1.54) is 55.6 Å². The molecule has 0 N–H and O–H groups in total. The molecule has 0 nitrogen and oxygen atoms in total. The van der Waals surface area contributed by atoms with Gasteiger partial charge in [-0.3, -0.25) is 0 Å². The smallest absolute Gasteiger partial charge is 2.00 e. The van der Waals surface area contributed by atoms with Crippen molar-refractivity contribution in [2.24, 2.45) is 0 Å². The van der Waals surface area contributed by atoms with Crippen molar-refractivity contribution < 1.29 is 82.1 Å². The minimum absolute atomic E-state index is 0. The van der Waals surface area contributed by atoms with Crippen molar-refractivity contribution >= 4 is 27.0 Å². The number of rotatable bonds is 0. The molecule has 0 fully saturated rings. The molecule has 0 aromatic heterocycles. The molecule has 2 aromatic rings. The molecule has 0 spiro atoms. The first kappa shape index (κ1) is 46.8. The molecular formula is C20H30Cl2FeIr2S2-2. The molecule has 0 heterocycles. The Hall–Kier alpha value is 1.80. The molecule has 0 saturated heterocycles. The van der Waals surface area contributed by atoms with E-state index in [0.29, 0.717) is 0 Å². The van der Waals surface area contributed by atoms with Crippen molar-refractivity contribution in [3.63, 3.8) is 0 Å². The first-order valence-electron chi connectivity index (χ1n) is 7.50. The molecular weight excluding hydrogens is 816 g/mol. The molecule has 7 heteroatoms. The monoisotopic (exact) mass is 846 g/mol. The maximum absolute atomic E-state index is 2.20. The predicted octanol–water partition coefficient (Wildman–Crippen LogP) is -0.109. The maximum atomic E-state index is 2.20. The second-order valence-corrected chi connectivity index (χ2v) is 6.25. The third-order valence-electron chi connectivity index (χ3n) is 5.62. The van der Waals surface area contributed by atoms with Crippen LogP contribution < -0.4 is 24.8 Å². The SMILES string of the molecule is Cc1c(C)c(C)[c-](C)c1C.Cc1c(C)c(C)[c-](C)c1C.[Cl-].[Cl-].[Fe+3].[Ir+3].[Ir].[S-2].[S-2]. The molecule has 2 aromatic carbocycles. The summed E-state index contributed by atoms with van der Waals surface area (Å²) in [5, 5.41) is 0. The van der Waals surface area contributed by atoms with Gasteiger partial charge in [-0.2, -0.15) is 55.6 Å². The zero-order valence-electron chi connectivity index (χ0n) is 17.6. The average molecular weight is 846 g/mol. The van der Waals surface area contributed by atoms with Crippen LogP contribution in [0.4, 0.5) is 0 Å². The van der Waals surface area contributed by atoms with Gasteiger partial charge in [0.2, 0.25) is 0 Å². The molecule has 0 aliphatic rings. The quantitative estimate of drug-likeness (QED) is 0.257. The van der Waals surface area contributed by atoms with Crippen molar-refractivity contribution in [1.82, 2.24) is 0 Å². The van der Waals surface area contributed by atoms with Crippen LogP contribution in [0.5, 0.6) is 0 Å². The first-order chi connectivity index (χ1) is 9.11. The summed E-state index contributed by atoms with van der Waals surface area (Å²) in [5.74, 6) is 0. The predicted molar refractivity (Wildman–Crippen MR) is 106 cm³/mol. The minimum Gasteiger partial charge on any atom is -2.00 e. The van der Waals surface area contributed by atoms with Gasteiger partial charge in [0.1, 0.15) is 0 Å². The molecule has 0 aliphatic heterocycles. The minimum atomic E-state index is 0. The Balaban J connectivity index is -0.0000000471. The first-order valence-corrected chi connectivity index (χ1v) is 7.50. The van der Waals surface area contributed by atoms with Crippen molar-refractivity contribution in [3.8, 4) is 0 Å². The summed E-state index contributed by atoms with van der Waals surface area (Å²) in [7, 11) is 0. The van der Waals surface area contributed by atoms with Crippen LogP contribution in [0.1, 0.15) is 55.6 Å². The van der Waals surface area contributed by atoms with Gasteiger partial charge in [0.05, 0.1) is 0 Å². The van der Waals surface area contributed by atoms with Gasteiger partial charge < -0.3 is 51.8 Å². The number of hydrogen-bond donors (Lipinski definition) is 0. The van der Waals surface area contributed by atoms with Gasteiger partial charge >= 0.3 is 37.2 Å². The molecule has 27 heavy (non-hydrogen) atoms. The van der Waals surface area contributed by atoms with E-state index in [9.17, 15) is 0 Å². The Morgan fingerprint density at radius 1 is 0.481 bits per heavy atom. The molecule has 0 amide bonds. The van der Waals surface area contributed by atoms with Crippen molar-refractivity contribution in [2.75, 3.05) is 0 Å². The van der Waals surface area contributed by atoms with Crippen LogP contribution in [-0.2, 0) is 84.3 Å². The van der Waals surface area contributed by atoms with Gasteiger partial charge in [-0.05, 0) is 0 Å². The zero-order valence-corrected chi connectivity index (χ0v) is 26.6. The standard InChI is InChI=1S/2C10H15.2ClH.Fe.2Ir.2S/c2*1-6-7(2)9(4)10(5)8(6)3;;;;;;;/h2*1-5H3;2*1H;;;;;/q2*-1;;;+3;;+3;2*-2/p-2. The van der Waals surface area contributed by atoms with Gasteiger partial charge in [-0.25, -0.2) is 0 Å². The summed E-state index contributed by atoms with van der Waals surface area (Å²) < 4.78 is 0. The van der Waals surface area contributed by atoms with Crippen LogP contribution in [0.15, 0.2) is 0 Å². The van der Waals surface area contributed by atoms with Crippen LogP contribution in [0.25, 0.3) is 0 Å². The fourth-order valence-electron chi connectivity index (χ4n) is 2.81. The molecule has 0 unspecified atom stereocenters. The summed E-state index contributed by atoms with van der Waals surface area (Å²) in [6.07, 6.45) is 0. The largest absolute Gasteiger partial charge is 3.00 e. The van der Waals surface area contributed by atoms with Crippen molar-refractivity contribution in [1.29, 1.82) is 0 Å². The second-order valence-electron chi connectivity index (χ2n) is 6.25. The van der Waals surface area contributed by atoms with E-state index < -0.39 is 0 Å². The third kappa shape index (κ3) is 10.6. The molecule has 0 saturated carbocycles. The fourth-order valence-corrected chi connectivity index (χ4v) is 2.81. The van der Waals surface area contributed by atoms with Crippen molar-refractivity contribution in [2.45, 2.75) is 69.2 Å². The van der Waals surface area contributed by atoms with E-state index in [0.717, 1.165) is 0 Å². The Kier molecular flexibility index (Phi) is 34.2. The molecule has 164 valence electrons. The van der Waals surface area contributed by atoms with Gasteiger partial charge in [0.25, 0.3) is 0 Å². The van der Waals surface area contributed by atoms with Gasteiger partial charge in [-0.1, -0.05) is 69.2 Å². The van der Waals surface area contributed by atoms with Gasteiger partial charge in [-0.15, -0.1) is 0 Å². The Morgan fingerprint density at radius 3 is 0.630 bits per heavy atom. The Bertz CT molecular complexity index is 435. The zero-order chi connectivity index (χ0) is 15.8. The average Bonchev–Trinajstić information content (AvgIpc) is 2.71. The second kappa shape index (κ2) is 19.7. The van der Waals surface area contributed by atoms with Crippen LogP contribution in [0, 0.1) is 69.2 Å². The molecule has 0 bridgehead atoms. The third-order valence-corrected chi connectivity index (χ3v) is 5.62. The van der Waals surface area contributed by atoms with Crippen molar-refractivity contribution in [3.05, 3.63) is 55.6 Å². The number of halogens is 2. The summed E-state index contributed by atoms with van der Waals surface area (Å²) in [4.78, 5) is 0. The Morgan fingerprint density at radius 2 is 0.593 bits per heavy atom. The summed E-state index contributed by atoms with van der Waals surface area (Å²) >= 11 is 0. The van der Waals surface area contributed by atoms with Crippen LogP contribution in [0.2, 0.25) is 0 Å². The Labute approximate surface area is 231 Å².